The zero-order chi connectivity index (χ0) is 21.9. The molecule has 1 atom stereocenters. The van der Waals surface area contributed by atoms with E-state index in [0.29, 0.717) is 5.75 Å². The second-order valence-electron chi connectivity index (χ2n) is 7.56. The van der Waals surface area contributed by atoms with Gasteiger partial charge in [0.15, 0.2) is 11.6 Å². The first-order valence-corrected chi connectivity index (χ1v) is 10.9. The molecule has 3 aromatic rings. The number of aryl methyl sites for hydroxylation is 1. The third kappa shape index (κ3) is 6.89. The van der Waals surface area contributed by atoms with E-state index in [1.165, 1.54) is 6.07 Å². The number of rotatable bonds is 11. The summed E-state index contributed by atoms with van der Waals surface area (Å²) in [6.45, 7) is 2.88. The summed E-state index contributed by atoms with van der Waals surface area (Å²) in [6.07, 6.45) is 10.5. The van der Waals surface area contributed by atoms with Crippen LogP contribution in [-0.2, 0) is 6.42 Å². The molecule has 0 N–H and O–H groups in total. The highest BCUT2D eigenvalue weighted by atomic mass is 19.1. The van der Waals surface area contributed by atoms with Crippen molar-refractivity contribution in [3.05, 3.63) is 89.7 Å². The minimum absolute atomic E-state index is 0.0465. The van der Waals surface area contributed by atoms with Crippen molar-refractivity contribution in [2.75, 3.05) is 6.61 Å². The molecule has 160 valence electrons. The Labute approximate surface area is 185 Å². The number of hydrogen-bond acceptors (Lipinski definition) is 2. The number of para-hydroxylation sites is 1. The van der Waals surface area contributed by atoms with Gasteiger partial charge >= 0.3 is 0 Å². The number of halogens is 1. The molecule has 0 aliphatic heterocycles. The molecule has 0 fully saturated rings. The summed E-state index contributed by atoms with van der Waals surface area (Å²) >= 11 is 0. The zero-order valence-corrected chi connectivity index (χ0v) is 18.0. The van der Waals surface area contributed by atoms with Gasteiger partial charge in [-0.1, -0.05) is 55.7 Å². The summed E-state index contributed by atoms with van der Waals surface area (Å²) in [4.78, 5) is 0. The standard InChI is InChI=1S/C28H29FO2/c1-3-5-20-30-25-17-15-24(16-18-25)23(4-2)11-9-10-22-14-19-27(29)28(21-22)31-26-12-7-6-8-13-26/h2,6-8,12-19,21,23H,3,5,9-11,20H2,1H3. The van der Waals surface area contributed by atoms with Gasteiger partial charge in [-0.3, -0.25) is 0 Å². The Morgan fingerprint density at radius 1 is 0.935 bits per heavy atom. The Kier molecular flexibility index (Phi) is 8.55. The molecular weight excluding hydrogens is 387 g/mol. The van der Waals surface area contributed by atoms with Crippen LogP contribution in [0.4, 0.5) is 4.39 Å². The van der Waals surface area contributed by atoms with Crippen molar-refractivity contribution in [3.63, 3.8) is 0 Å². The number of hydrogen-bond donors (Lipinski definition) is 0. The van der Waals surface area contributed by atoms with E-state index in [-0.39, 0.29) is 17.5 Å². The molecule has 0 spiro atoms. The van der Waals surface area contributed by atoms with Gasteiger partial charge in [-0.15, -0.1) is 6.42 Å². The Balaban J connectivity index is 1.55. The molecule has 3 aromatic carbocycles. The van der Waals surface area contributed by atoms with Gasteiger partial charge in [0, 0.05) is 5.92 Å². The minimum atomic E-state index is -0.365. The summed E-state index contributed by atoms with van der Waals surface area (Å²) in [5, 5.41) is 0. The number of terminal acetylenes is 1. The summed E-state index contributed by atoms with van der Waals surface area (Å²) in [5.74, 6) is 4.33. The van der Waals surface area contributed by atoms with E-state index >= 15 is 0 Å². The van der Waals surface area contributed by atoms with E-state index in [9.17, 15) is 4.39 Å². The molecule has 1 unspecified atom stereocenters. The van der Waals surface area contributed by atoms with Crippen LogP contribution in [-0.4, -0.2) is 6.61 Å². The molecule has 0 heterocycles. The van der Waals surface area contributed by atoms with Crippen LogP contribution in [0.1, 0.15) is 49.7 Å². The topological polar surface area (TPSA) is 18.5 Å². The lowest BCUT2D eigenvalue weighted by Crippen LogP contribution is -1.99. The van der Waals surface area contributed by atoms with Crippen LogP contribution in [0.2, 0.25) is 0 Å². The second kappa shape index (κ2) is 11.8. The van der Waals surface area contributed by atoms with Crippen LogP contribution in [0.3, 0.4) is 0 Å². The first-order chi connectivity index (χ1) is 15.2. The van der Waals surface area contributed by atoms with Gasteiger partial charge < -0.3 is 9.47 Å². The van der Waals surface area contributed by atoms with Gasteiger partial charge in [0.05, 0.1) is 6.61 Å². The molecule has 3 heteroatoms. The fourth-order valence-electron chi connectivity index (χ4n) is 3.38. The molecule has 0 aliphatic carbocycles. The third-order valence-corrected chi connectivity index (χ3v) is 5.18. The molecule has 3 rings (SSSR count). The molecule has 0 saturated carbocycles. The summed E-state index contributed by atoms with van der Waals surface area (Å²) in [6, 6.07) is 22.4. The lowest BCUT2D eigenvalue weighted by atomic mass is 9.93. The maximum Gasteiger partial charge on any atom is 0.165 e. The SMILES string of the molecule is C#CC(CCCc1ccc(F)c(Oc2ccccc2)c1)c1ccc(OCCCC)cc1. The molecule has 0 saturated heterocycles. The average molecular weight is 417 g/mol. The number of benzene rings is 3. The summed E-state index contributed by atoms with van der Waals surface area (Å²) < 4.78 is 25.6. The number of ether oxygens (including phenoxy) is 2. The highest BCUT2D eigenvalue weighted by Gasteiger charge is 2.10. The Bertz CT molecular complexity index is 974. The highest BCUT2D eigenvalue weighted by Crippen LogP contribution is 2.28. The molecule has 0 aliphatic rings. The molecule has 0 radical (unpaired) electrons. The van der Waals surface area contributed by atoms with E-state index in [4.69, 9.17) is 15.9 Å². The smallest absolute Gasteiger partial charge is 0.165 e. The second-order valence-corrected chi connectivity index (χ2v) is 7.56. The van der Waals surface area contributed by atoms with Crippen molar-refractivity contribution in [1.82, 2.24) is 0 Å². The molecular formula is C28H29FO2. The van der Waals surface area contributed by atoms with E-state index in [2.05, 4.69) is 25.0 Å². The van der Waals surface area contributed by atoms with Crippen molar-refractivity contribution in [2.45, 2.75) is 44.9 Å². The van der Waals surface area contributed by atoms with Crippen LogP contribution in [0.15, 0.2) is 72.8 Å². The van der Waals surface area contributed by atoms with Crippen molar-refractivity contribution in [3.8, 4) is 29.6 Å². The van der Waals surface area contributed by atoms with Crippen molar-refractivity contribution in [1.29, 1.82) is 0 Å². The largest absolute Gasteiger partial charge is 0.494 e. The van der Waals surface area contributed by atoms with Crippen LogP contribution >= 0.6 is 0 Å². The predicted octanol–water partition coefficient (Wildman–Crippen LogP) is 7.54. The lowest BCUT2D eigenvalue weighted by molar-refractivity contribution is 0.309. The van der Waals surface area contributed by atoms with Crippen molar-refractivity contribution < 1.29 is 13.9 Å². The highest BCUT2D eigenvalue weighted by molar-refractivity contribution is 5.36. The summed E-state index contributed by atoms with van der Waals surface area (Å²) in [7, 11) is 0. The van der Waals surface area contributed by atoms with Gasteiger partial charge in [0.25, 0.3) is 0 Å². The lowest BCUT2D eigenvalue weighted by Gasteiger charge is -2.13. The average Bonchev–Trinajstić information content (AvgIpc) is 2.80. The number of unbranched alkanes of at least 4 members (excludes halogenated alkanes) is 1. The fraction of sp³-hybridized carbons (Fsp3) is 0.286. The Hall–Kier alpha value is -3.25. The Morgan fingerprint density at radius 2 is 1.71 bits per heavy atom. The van der Waals surface area contributed by atoms with Gasteiger partial charge in [-0.05, 0) is 73.2 Å². The van der Waals surface area contributed by atoms with E-state index in [1.807, 2.05) is 42.5 Å². The van der Waals surface area contributed by atoms with Crippen molar-refractivity contribution in [2.24, 2.45) is 0 Å². The molecule has 0 aromatic heterocycles. The molecule has 0 amide bonds. The third-order valence-electron chi connectivity index (χ3n) is 5.18. The monoisotopic (exact) mass is 416 g/mol. The first kappa shape index (κ1) is 22.4. The zero-order valence-electron chi connectivity index (χ0n) is 18.0. The summed E-state index contributed by atoms with van der Waals surface area (Å²) in [5.41, 5.74) is 2.15. The van der Waals surface area contributed by atoms with Gasteiger partial charge in [-0.2, -0.15) is 0 Å². The van der Waals surface area contributed by atoms with Gasteiger partial charge in [0.1, 0.15) is 11.5 Å². The van der Waals surface area contributed by atoms with Crippen LogP contribution in [0.25, 0.3) is 0 Å². The Morgan fingerprint density at radius 3 is 2.42 bits per heavy atom. The molecule has 0 bridgehead atoms. The van der Waals surface area contributed by atoms with E-state index < -0.39 is 0 Å². The maximum absolute atomic E-state index is 14.2. The van der Waals surface area contributed by atoms with Crippen LogP contribution in [0, 0.1) is 18.2 Å². The normalized spacial score (nSPS) is 11.5. The first-order valence-electron chi connectivity index (χ1n) is 10.9. The molecule has 31 heavy (non-hydrogen) atoms. The van der Waals surface area contributed by atoms with E-state index in [0.717, 1.165) is 55.6 Å². The predicted molar refractivity (Wildman–Crippen MR) is 124 cm³/mol. The van der Waals surface area contributed by atoms with Crippen LogP contribution < -0.4 is 9.47 Å². The van der Waals surface area contributed by atoms with Crippen molar-refractivity contribution >= 4 is 0 Å². The maximum atomic E-state index is 14.2. The van der Waals surface area contributed by atoms with Gasteiger partial charge in [-0.25, -0.2) is 4.39 Å². The fourth-order valence-corrected chi connectivity index (χ4v) is 3.38. The van der Waals surface area contributed by atoms with E-state index in [1.54, 1.807) is 12.1 Å². The quantitative estimate of drug-likeness (QED) is 0.237. The molecule has 2 nitrogen and oxygen atoms in total. The van der Waals surface area contributed by atoms with Gasteiger partial charge in [0.2, 0.25) is 0 Å². The minimum Gasteiger partial charge on any atom is -0.494 e. The van der Waals surface area contributed by atoms with Crippen LogP contribution in [0.5, 0.6) is 17.2 Å².